The maximum Gasteiger partial charge on any atom is 0.275 e. The van der Waals surface area contributed by atoms with Gasteiger partial charge in [0.1, 0.15) is 22.3 Å². The van der Waals surface area contributed by atoms with Crippen molar-refractivity contribution in [1.29, 1.82) is 0 Å². The van der Waals surface area contributed by atoms with Crippen LogP contribution in [0, 0.1) is 17.6 Å². The molecule has 1 aliphatic rings. The second-order valence-electron chi connectivity index (χ2n) is 7.51. The molecule has 5 nitrogen and oxygen atoms in total. The fraction of sp³-hybridized carbons (Fsp3) is 0.348. The van der Waals surface area contributed by atoms with Gasteiger partial charge < -0.3 is 11.1 Å². The predicted octanol–water partition coefficient (Wildman–Crippen LogP) is 5.60. The van der Waals surface area contributed by atoms with E-state index < -0.39 is 17.5 Å². The molecule has 0 bridgehead atoms. The van der Waals surface area contributed by atoms with E-state index in [1.54, 1.807) is 12.4 Å². The Bertz CT molecular complexity index is 1010. The predicted molar refractivity (Wildman–Crippen MR) is 120 cm³/mol. The number of carbonyl (C=O) groups excluding carboxylic acids is 1. The Labute approximate surface area is 184 Å². The molecule has 0 atom stereocenters. The number of amides is 1. The molecule has 1 aromatic carbocycles. The molecule has 31 heavy (non-hydrogen) atoms. The van der Waals surface area contributed by atoms with Crippen molar-refractivity contribution in [3.63, 3.8) is 0 Å². The maximum atomic E-state index is 14.0. The normalized spacial score (nSPS) is 18.1. The monoisotopic (exact) mass is 444 g/mol. The molecule has 0 spiro atoms. The van der Waals surface area contributed by atoms with E-state index in [0.717, 1.165) is 35.7 Å². The van der Waals surface area contributed by atoms with Crippen LogP contribution in [0.25, 0.3) is 10.6 Å². The number of rotatable bonds is 4. The van der Waals surface area contributed by atoms with E-state index in [-0.39, 0.29) is 16.3 Å². The molecule has 1 aliphatic carbocycles. The minimum atomic E-state index is -0.701. The quantitative estimate of drug-likeness (QED) is 0.549. The van der Waals surface area contributed by atoms with E-state index in [0.29, 0.717) is 11.6 Å². The largest absolute Gasteiger partial charge is 0.333 e. The van der Waals surface area contributed by atoms with Crippen LogP contribution in [0.4, 0.5) is 14.5 Å². The number of hydrogen-bond donors (Lipinski definition) is 2. The van der Waals surface area contributed by atoms with Crippen molar-refractivity contribution in [3.05, 3.63) is 64.9 Å². The molecule has 3 aromatic rings. The lowest BCUT2D eigenvalue weighted by molar-refractivity contribution is 0.102. The highest BCUT2D eigenvalue weighted by Gasteiger charge is 2.23. The van der Waals surface area contributed by atoms with Crippen LogP contribution in [0.1, 0.15) is 54.6 Å². The van der Waals surface area contributed by atoms with Gasteiger partial charge in [0.15, 0.2) is 0 Å². The third-order valence-electron chi connectivity index (χ3n) is 5.47. The van der Waals surface area contributed by atoms with E-state index >= 15 is 0 Å². The lowest BCUT2D eigenvalue weighted by atomic mass is 9.79. The number of nitrogens with one attached hydrogen (secondary N) is 1. The lowest BCUT2D eigenvalue weighted by Crippen LogP contribution is -2.17. The summed E-state index contributed by atoms with van der Waals surface area (Å²) in [5.41, 5.74) is 6.16. The molecule has 2 heterocycles. The number of nitrogens with zero attached hydrogens (tertiary/aromatic N) is 2. The molecule has 4 rings (SSSR count). The molecular formula is C23H26F2N4OS. The fourth-order valence-electron chi connectivity index (χ4n) is 3.82. The van der Waals surface area contributed by atoms with Gasteiger partial charge in [0.05, 0.1) is 17.4 Å². The number of aromatic nitrogens is 2. The van der Waals surface area contributed by atoms with Gasteiger partial charge in [0.2, 0.25) is 0 Å². The average Bonchev–Trinajstić information content (AvgIpc) is 3.26. The second-order valence-corrected chi connectivity index (χ2v) is 8.37. The van der Waals surface area contributed by atoms with Crippen LogP contribution in [0.3, 0.4) is 0 Å². The number of nitrogens with two attached hydrogens (primary N) is 1. The Kier molecular flexibility index (Phi) is 7.81. The van der Waals surface area contributed by atoms with Gasteiger partial charge in [-0.15, -0.1) is 11.3 Å². The SMILES string of the molecule is CC1CCC(c2ccncc2NC(=O)c2csc(-c3c(F)cccc3F)n2)CC1.CN. The van der Waals surface area contributed by atoms with Crippen molar-refractivity contribution in [2.24, 2.45) is 11.7 Å². The van der Waals surface area contributed by atoms with E-state index in [4.69, 9.17) is 0 Å². The highest BCUT2D eigenvalue weighted by atomic mass is 32.1. The summed E-state index contributed by atoms with van der Waals surface area (Å²) in [4.78, 5) is 21.0. The van der Waals surface area contributed by atoms with Gasteiger partial charge in [-0.3, -0.25) is 9.78 Å². The van der Waals surface area contributed by atoms with Crippen LogP contribution in [0.15, 0.2) is 42.0 Å². The third kappa shape index (κ3) is 5.32. The molecule has 0 unspecified atom stereocenters. The molecule has 0 radical (unpaired) electrons. The van der Waals surface area contributed by atoms with Gasteiger partial charge in [-0.05, 0) is 55.5 Å². The highest BCUT2D eigenvalue weighted by molar-refractivity contribution is 7.13. The minimum Gasteiger partial charge on any atom is -0.333 e. The van der Waals surface area contributed by atoms with Gasteiger partial charge in [-0.2, -0.15) is 0 Å². The van der Waals surface area contributed by atoms with Crippen LogP contribution in [0.5, 0.6) is 0 Å². The first-order valence-corrected chi connectivity index (χ1v) is 11.1. The molecule has 1 saturated carbocycles. The Morgan fingerprint density at radius 2 is 1.81 bits per heavy atom. The van der Waals surface area contributed by atoms with Gasteiger partial charge in [0.25, 0.3) is 5.91 Å². The third-order valence-corrected chi connectivity index (χ3v) is 6.33. The van der Waals surface area contributed by atoms with Crippen LogP contribution >= 0.6 is 11.3 Å². The molecule has 0 saturated heterocycles. The first kappa shape index (κ1) is 23.0. The number of benzene rings is 1. The summed E-state index contributed by atoms with van der Waals surface area (Å²) < 4.78 is 28.0. The van der Waals surface area contributed by atoms with Crippen molar-refractivity contribution in [2.45, 2.75) is 38.5 Å². The molecule has 0 aliphatic heterocycles. The zero-order valence-corrected chi connectivity index (χ0v) is 18.4. The summed E-state index contributed by atoms with van der Waals surface area (Å²) in [6.45, 7) is 2.27. The van der Waals surface area contributed by atoms with Gasteiger partial charge in [0, 0.05) is 11.6 Å². The summed E-state index contributed by atoms with van der Waals surface area (Å²) in [7, 11) is 1.50. The van der Waals surface area contributed by atoms with E-state index in [2.05, 4.69) is 27.9 Å². The van der Waals surface area contributed by atoms with Gasteiger partial charge in [-0.25, -0.2) is 13.8 Å². The number of hydrogen-bond acceptors (Lipinski definition) is 5. The lowest BCUT2D eigenvalue weighted by Gasteiger charge is -2.27. The van der Waals surface area contributed by atoms with Crippen molar-refractivity contribution < 1.29 is 13.6 Å². The van der Waals surface area contributed by atoms with E-state index in [1.807, 2.05) is 6.07 Å². The smallest absolute Gasteiger partial charge is 0.275 e. The standard InChI is InChI=1S/C22H21F2N3OS.CH5N/c1-13-5-7-14(8-6-13)15-9-10-25-11-18(15)26-21(28)19-12-29-22(27-19)20-16(23)3-2-4-17(20)24;1-2/h2-4,9-14H,5-8H2,1H3,(H,26,28);2H2,1H3. The highest BCUT2D eigenvalue weighted by Crippen LogP contribution is 2.38. The molecule has 164 valence electrons. The van der Waals surface area contributed by atoms with Crippen LogP contribution in [-0.2, 0) is 0 Å². The zero-order chi connectivity index (χ0) is 22.4. The number of halogens is 2. The molecule has 1 amide bonds. The average molecular weight is 445 g/mol. The number of thiazole rings is 1. The summed E-state index contributed by atoms with van der Waals surface area (Å²) in [6, 6.07) is 5.60. The van der Waals surface area contributed by atoms with Crippen molar-refractivity contribution in [1.82, 2.24) is 9.97 Å². The fourth-order valence-corrected chi connectivity index (χ4v) is 4.66. The topological polar surface area (TPSA) is 80.9 Å². The van der Waals surface area contributed by atoms with Crippen LogP contribution in [-0.4, -0.2) is 22.9 Å². The Balaban J connectivity index is 0.00000132. The second kappa shape index (κ2) is 10.5. The van der Waals surface area contributed by atoms with Crippen LogP contribution in [0.2, 0.25) is 0 Å². The van der Waals surface area contributed by atoms with Crippen molar-refractivity contribution >= 4 is 22.9 Å². The van der Waals surface area contributed by atoms with E-state index in [9.17, 15) is 13.6 Å². The van der Waals surface area contributed by atoms with Gasteiger partial charge in [-0.1, -0.05) is 25.8 Å². The molecule has 1 fully saturated rings. The first-order valence-electron chi connectivity index (χ1n) is 10.3. The number of pyridine rings is 1. The molecular weight excluding hydrogens is 418 g/mol. The number of carbonyl (C=O) groups is 1. The van der Waals surface area contributed by atoms with Crippen molar-refractivity contribution in [3.8, 4) is 10.6 Å². The summed E-state index contributed by atoms with van der Waals surface area (Å²) in [5.74, 6) is -0.691. The Morgan fingerprint density at radius 3 is 2.48 bits per heavy atom. The first-order chi connectivity index (χ1) is 15.0. The molecule has 3 N–H and O–H groups in total. The maximum absolute atomic E-state index is 14.0. The van der Waals surface area contributed by atoms with Crippen molar-refractivity contribution in [2.75, 3.05) is 12.4 Å². The Hall–Kier alpha value is -2.71. The summed E-state index contributed by atoms with van der Waals surface area (Å²) in [6.07, 6.45) is 7.90. The zero-order valence-electron chi connectivity index (χ0n) is 17.6. The summed E-state index contributed by atoms with van der Waals surface area (Å²) in [5, 5.41) is 4.53. The minimum absolute atomic E-state index is 0.125. The summed E-state index contributed by atoms with van der Waals surface area (Å²) >= 11 is 1.03. The Morgan fingerprint density at radius 1 is 1.13 bits per heavy atom. The molecule has 8 heteroatoms. The van der Waals surface area contributed by atoms with Crippen LogP contribution < -0.4 is 11.1 Å². The molecule has 2 aromatic heterocycles. The van der Waals surface area contributed by atoms with E-state index in [1.165, 1.54) is 43.5 Å². The number of anilines is 1. The van der Waals surface area contributed by atoms with Gasteiger partial charge >= 0.3 is 0 Å².